The van der Waals surface area contributed by atoms with Gasteiger partial charge in [0.2, 0.25) is 0 Å². The molecule has 0 bridgehead atoms. The van der Waals surface area contributed by atoms with Crippen molar-refractivity contribution in [3.05, 3.63) is 21.4 Å². The van der Waals surface area contributed by atoms with Crippen LogP contribution in [0.4, 0.5) is 0 Å². The van der Waals surface area contributed by atoms with E-state index in [1.54, 1.807) is 11.3 Å². The van der Waals surface area contributed by atoms with Gasteiger partial charge in [0.1, 0.15) is 0 Å². The van der Waals surface area contributed by atoms with Crippen molar-refractivity contribution < 1.29 is 9.53 Å². The molecule has 112 valence electrons. The Hall–Kier alpha value is -0.620. The van der Waals surface area contributed by atoms with E-state index in [-0.39, 0.29) is 24.4 Å². The molecule has 1 aromatic rings. The van der Waals surface area contributed by atoms with Crippen molar-refractivity contribution in [2.75, 3.05) is 13.2 Å². The predicted octanol–water partition coefficient (Wildman–Crippen LogP) is 2.20. The van der Waals surface area contributed by atoms with Crippen LogP contribution in [0.25, 0.3) is 0 Å². The third kappa shape index (κ3) is 3.34. The second-order valence-corrected chi connectivity index (χ2v) is 6.74. The molecule has 1 amide bonds. The first kappa shape index (κ1) is 15.8. The molecule has 4 nitrogen and oxygen atoms in total. The minimum atomic E-state index is 0. The van der Waals surface area contributed by atoms with Crippen molar-refractivity contribution in [3.8, 4) is 0 Å². The van der Waals surface area contributed by atoms with Gasteiger partial charge < -0.3 is 15.8 Å². The zero-order valence-corrected chi connectivity index (χ0v) is 13.2. The Morgan fingerprint density at radius 3 is 2.70 bits per heavy atom. The SMILES string of the molecule is Cc1sc(C(=O)NC2CCOCC2)cc1[C@@H]1C[C@H]1N.Cl. The van der Waals surface area contributed by atoms with Crippen molar-refractivity contribution in [3.63, 3.8) is 0 Å². The fourth-order valence-corrected chi connectivity index (χ4v) is 3.64. The third-order valence-electron chi connectivity index (χ3n) is 3.98. The third-order valence-corrected chi connectivity index (χ3v) is 5.04. The Bertz CT molecular complexity index is 486. The van der Waals surface area contributed by atoms with Gasteiger partial charge in [0.05, 0.1) is 4.88 Å². The summed E-state index contributed by atoms with van der Waals surface area (Å²) in [4.78, 5) is 14.3. The highest BCUT2D eigenvalue weighted by atomic mass is 35.5. The molecule has 1 saturated heterocycles. The molecular formula is C14H21ClN2O2S. The predicted molar refractivity (Wildman–Crippen MR) is 82.9 cm³/mol. The summed E-state index contributed by atoms with van der Waals surface area (Å²) in [7, 11) is 0. The van der Waals surface area contributed by atoms with E-state index in [9.17, 15) is 4.79 Å². The number of hydrogen-bond donors (Lipinski definition) is 2. The van der Waals surface area contributed by atoms with E-state index in [1.807, 2.05) is 6.07 Å². The molecule has 0 radical (unpaired) electrons. The largest absolute Gasteiger partial charge is 0.381 e. The van der Waals surface area contributed by atoms with Gasteiger partial charge in [-0.05, 0) is 37.8 Å². The highest BCUT2D eigenvalue weighted by molar-refractivity contribution is 7.14. The lowest BCUT2D eigenvalue weighted by Crippen LogP contribution is -2.38. The molecular weight excluding hydrogens is 296 g/mol. The number of carbonyl (C=O) groups is 1. The molecule has 6 heteroatoms. The molecule has 1 saturated carbocycles. The number of rotatable bonds is 3. The molecule has 2 heterocycles. The Morgan fingerprint density at radius 1 is 1.45 bits per heavy atom. The molecule has 3 rings (SSSR count). The minimum Gasteiger partial charge on any atom is -0.381 e. The fraction of sp³-hybridized carbons (Fsp3) is 0.643. The van der Waals surface area contributed by atoms with Crippen LogP contribution in [0.3, 0.4) is 0 Å². The summed E-state index contributed by atoms with van der Waals surface area (Å²) in [5.41, 5.74) is 7.17. The van der Waals surface area contributed by atoms with Gasteiger partial charge in [0.25, 0.3) is 5.91 Å². The first-order valence-corrected chi connectivity index (χ1v) is 7.71. The van der Waals surface area contributed by atoms with Crippen LogP contribution in [-0.4, -0.2) is 31.2 Å². The van der Waals surface area contributed by atoms with E-state index in [0.717, 1.165) is 37.4 Å². The molecule has 0 aromatic carbocycles. The van der Waals surface area contributed by atoms with Gasteiger partial charge in [-0.3, -0.25) is 4.79 Å². The van der Waals surface area contributed by atoms with Gasteiger partial charge in [0, 0.05) is 36.1 Å². The highest BCUT2D eigenvalue weighted by Crippen LogP contribution is 2.43. The van der Waals surface area contributed by atoms with Gasteiger partial charge >= 0.3 is 0 Å². The summed E-state index contributed by atoms with van der Waals surface area (Å²) in [5, 5.41) is 3.11. The smallest absolute Gasteiger partial charge is 0.261 e. The van der Waals surface area contributed by atoms with E-state index >= 15 is 0 Å². The van der Waals surface area contributed by atoms with Crippen LogP contribution < -0.4 is 11.1 Å². The number of thiophene rings is 1. The summed E-state index contributed by atoms with van der Waals surface area (Å²) in [6.45, 7) is 3.57. The second kappa shape index (κ2) is 6.43. The molecule has 2 fully saturated rings. The first-order valence-electron chi connectivity index (χ1n) is 6.89. The zero-order chi connectivity index (χ0) is 13.4. The van der Waals surface area contributed by atoms with E-state index in [0.29, 0.717) is 12.0 Å². The Morgan fingerprint density at radius 2 is 2.10 bits per heavy atom. The standard InChI is InChI=1S/C14H20N2O2S.ClH/c1-8-10(11-6-12(11)15)7-13(19-8)14(17)16-9-2-4-18-5-3-9;/h7,9,11-12H,2-6,15H2,1H3,(H,16,17);1H/t11-,12+;/m0./s1. The summed E-state index contributed by atoms with van der Waals surface area (Å²) in [6.07, 6.45) is 2.88. The summed E-state index contributed by atoms with van der Waals surface area (Å²) in [5.74, 6) is 0.529. The Kier molecular flexibility index (Phi) is 5.07. The van der Waals surface area contributed by atoms with Gasteiger partial charge in [-0.2, -0.15) is 0 Å². The lowest BCUT2D eigenvalue weighted by molar-refractivity contribution is 0.0698. The molecule has 0 unspecified atom stereocenters. The van der Waals surface area contributed by atoms with Crippen LogP contribution in [0.1, 0.15) is 45.3 Å². The van der Waals surface area contributed by atoms with Crippen LogP contribution in [0.15, 0.2) is 6.07 Å². The second-order valence-electron chi connectivity index (χ2n) is 5.49. The zero-order valence-electron chi connectivity index (χ0n) is 11.6. The molecule has 20 heavy (non-hydrogen) atoms. The number of carbonyl (C=O) groups excluding carboxylic acids is 1. The van der Waals surface area contributed by atoms with E-state index in [4.69, 9.17) is 10.5 Å². The lowest BCUT2D eigenvalue weighted by Gasteiger charge is -2.22. The molecule has 2 atom stereocenters. The van der Waals surface area contributed by atoms with Crippen molar-refractivity contribution in [2.45, 2.75) is 44.2 Å². The summed E-state index contributed by atoms with van der Waals surface area (Å²) in [6, 6.07) is 2.58. The topological polar surface area (TPSA) is 64.3 Å². The van der Waals surface area contributed by atoms with Crippen molar-refractivity contribution in [1.82, 2.24) is 5.32 Å². The highest BCUT2D eigenvalue weighted by Gasteiger charge is 2.37. The normalized spacial score (nSPS) is 25.9. The number of nitrogens with one attached hydrogen (secondary N) is 1. The van der Waals surface area contributed by atoms with Crippen LogP contribution in [0, 0.1) is 6.92 Å². The average molecular weight is 317 g/mol. The van der Waals surface area contributed by atoms with Crippen LogP contribution in [-0.2, 0) is 4.74 Å². The van der Waals surface area contributed by atoms with Gasteiger partial charge in [0.15, 0.2) is 0 Å². The monoisotopic (exact) mass is 316 g/mol. The van der Waals surface area contributed by atoms with E-state index in [2.05, 4.69) is 12.2 Å². The maximum Gasteiger partial charge on any atom is 0.261 e. The van der Waals surface area contributed by atoms with Crippen molar-refractivity contribution in [2.24, 2.45) is 5.73 Å². The fourth-order valence-electron chi connectivity index (χ4n) is 2.65. The lowest BCUT2D eigenvalue weighted by atomic mass is 10.1. The van der Waals surface area contributed by atoms with Crippen LogP contribution in [0.2, 0.25) is 0 Å². The summed E-state index contributed by atoms with van der Waals surface area (Å²) < 4.78 is 5.30. The first-order chi connectivity index (χ1) is 9.15. The maximum absolute atomic E-state index is 12.2. The number of aryl methyl sites for hydroxylation is 1. The summed E-state index contributed by atoms with van der Waals surface area (Å²) >= 11 is 1.58. The minimum absolute atomic E-state index is 0. The molecule has 3 N–H and O–H groups in total. The molecule has 0 spiro atoms. The maximum atomic E-state index is 12.2. The van der Waals surface area contributed by atoms with E-state index < -0.39 is 0 Å². The van der Waals surface area contributed by atoms with Gasteiger partial charge in [-0.1, -0.05) is 0 Å². The average Bonchev–Trinajstić information content (AvgIpc) is 2.98. The van der Waals surface area contributed by atoms with Crippen LogP contribution >= 0.6 is 23.7 Å². The van der Waals surface area contributed by atoms with Crippen molar-refractivity contribution in [1.29, 1.82) is 0 Å². The number of nitrogens with two attached hydrogens (primary N) is 1. The molecule has 1 aliphatic heterocycles. The van der Waals surface area contributed by atoms with Gasteiger partial charge in [-0.25, -0.2) is 0 Å². The number of ether oxygens (including phenoxy) is 1. The quantitative estimate of drug-likeness (QED) is 0.898. The molecule has 2 aliphatic rings. The molecule has 1 aromatic heterocycles. The number of amides is 1. The van der Waals surface area contributed by atoms with Gasteiger partial charge in [-0.15, -0.1) is 23.7 Å². The number of halogens is 1. The van der Waals surface area contributed by atoms with Crippen molar-refractivity contribution >= 4 is 29.7 Å². The van der Waals surface area contributed by atoms with E-state index in [1.165, 1.54) is 10.4 Å². The van der Waals surface area contributed by atoms with Crippen LogP contribution in [0.5, 0.6) is 0 Å². The number of hydrogen-bond acceptors (Lipinski definition) is 4. The Balaban J connectivity index is 0.00000147. The molecule has 1 aliphatic carbocycles. The Labute approximate surface area is 129 Å².